The highest BCUT2D eigenvalue weighted by Crippen LogP contribution is 2.18. The molecule has 0 heterocycles. The Balaban J connectivity index is 2.70. The molecule has 0 fully saturated rings. The van der Waals surface area contributed by atoms with Gasteiger partial charge in [0.25, 0.3) is 0 Å². The first-order chi connectivity index (χ1) is 8.99. The van der Waals surface area contributed by atoms with E-state index in [1.165, 1.54) is 0 Å². The van der Waals surface area contributed by atoms with E-state index in [4.69, 9.17) is 10.9 Å². The minimum absolute atomic E-state index is 0.0627. The summed E-state index contributed by atoms with van der Waals surface area (Å²) in [4.78, 5) is 13.7. The van der Waals surface area contributed by atoms with Crippen LogP contribution in [0.2, 0.25) is 0 Å². The van der Waals surface area contributed by atoms with Crippen molar-refractivity contribution in [1.82, 2.24) is 10.3 Å². The van der Waals surface area contributed by atoms with Gasteiger partial charge in [0.2, 0.25) is 5.91 Å². The Labute approximate surface area is 114 Å². The van der Waals surface area contributed by atoms with E-state index in [1.807, 2.05) is 49.1 Å². The van der Waals surface area contributed by atoms with E-state index in [0.717, 1.165) is 5.56 Å². The van der Waals surface area contributed by atoms with Gasteiger partial charge in [-0.3, -0.25) is 15.1 Å². The van der Waals surface area contributed by atoms with Gasteiger partial charge in [0.1, 0.15) is 0 Å². The van der Waals surface area contributed by atoms with E-state index in [1.54, 1.807) is 0 Å². The lowest BCUT2D eigenvalue weighted by molar-refractivity contribution is -0.130. The molecule has 0 spiro atoms. The van der Waals surface area contributed by atoms with E-state index in [-0.39, 0.29) is 12.5 Å². The van der Waals surface area contributed by atoms with E-state index >= 15 is 0 Å². The number of benzene rings is 1. The number of carbonyl (C=O) groups excluding carboxylic acids is 1. The molecule has 19 heavy (non-hydrogen) atoms. The third kappa shape index (κ3) is 4.98. The highest BCUT2D eigenvalue weighted by molar-refractivity contribution is 5.81. The number of carbonyl (C=O) groups is 1. The first-order valence-corrected chi connectivity index (χ1v) is 6.38. The second-order valence-electron chi connectivity index (χ2n) is 5.28. The average molecular weight is 265 g/mol. The smallest absolute Gasteiger partial charge is 0.240 e. The van der Waals surface area contributed by atoms with E-state index in [2.05, 4.69) is 5.43 Å². The Morgan fingerprint density at radius 2 is 2.00 bits per heavy atom. The number of nitrogens with two attached hydrogens (primary N) is 1. The minimum Gasteiger partial charge on any atom is -0.395 e. The van der Waals surface area contributed by atoms with Crippen molar-refractivity contribution < 1.29 is 9.90 Å². The lowest BCUT2D eigenvalue weighted by atomic mass is 9.91. The molecule has 1 amide bonds. The zero-order chi connectivity index (χ0) is 14.3. The predicted octanol–water partition coefficient (Wildman–Crippen LogP) is 0.497. The zero-order valence-electron chi connectivity index (χ0n) is 11.6. The van der Waals surface area contributed by atoms with Crippen molar-refractivity contribution in [1.29, 1.82) is 0 Å². The fraction of sp³-hybridized carbons (Fsp3) is 0.500. The summed E-state index contributed by atoms with van der Waals surface area (Å²) in [5.74, 6) is 4.99. The Kier molecular flexibility index (Phi) is 5.95. The van der Waals surface area contributed by atoms with Gasteiger partial charge in [0.15, 0.2) is 0 Å². The second kappa shape index (κ2) is 7.23. The highest BCUT2D eigenvalue weighted by Gasteiger charge is 2.29. The van der Waals surface area contributed by atoms with Crippen LogP contribution in [-0.2, 0) is 11.3 Å². The molecule has 5 heteroatoms. The number of nitrogens with zero attached hydrogens (tertiary/aromatic N) is 1. The summed E-state index contributed by atoms with van der Waals surface area (Å²) in [6.07, 6.45) is 0. The van der Waals surface area contributed by atoms with Gasteiger partial charge < -0.3 is 5.11 Å². The number of hydrazine groups is 1. The number of rotatable bonds is 7. The first kappa shape index (κ1) is 15.6. The molecule has 0 saturated carbocycles. The van der Waals surface area contributed by atoms with E-state index < -0.39 is 5.41 Å². The molecule has 4 N–H and O–H groups in total. The number of nitrogens with one attached hydrogen (secondary N) is 1. The fourth-order valence-corrected chi connectivity index (χ4v) is 2.02. The lowest BCUT2D eigenvalue weighted by Gasteiger charge is -2.30. The third-order valence-corrected chi connectivity index (χ3v) is 3.03. The maximum atomic E-state index is 11.7. The Morgan fingerprint density at radius 1 is 1.37 bits per heavy atom. The number of hydrogen-bond acceptors (Lipinski definition) is 4. The van der Waals surface area contributed by atoms with Crippen LogP contribution >= 0.6 is 0 Å². The quantitative estimate of drug-likeness (QED) is 0.381. The van der Waals surface area contributed by atoms with Gasteiger partial charge in [-0.2, -0.15) is 0 Å². The van der Waals surface area contributed by atoms with Gasteiger partial charge in [0.05, 0.1) is 12.0 Å². The van der Waals surface area contributed by atoms with Crippen LogP contribution < -0.4 is 11.3 Å². The van der Waals surface area contributed by atoms with E-state index in [9.17, 15) is 4.79 Å². The van der Waals surface area contributed by atoms with Crippen molar-refractivity contribution in [3.05, 3.63) is 35.9 Å². The van der Waals surface area contributed by atoms with Crippen LogP contribution in [0.1, 0.15) is 19.4 Å². The van der Waals surface area contributed by atoms with Crippen molar-refractivity contribution in [2.24, 2.45) is 11.3 Å². The molecule has 0 aliphatic carbocycles. The molecule has 0 aromatic heterocycles. The van der Waals surface area contributed by atoms with Crippen LogP contribution in [0.5, 0.6) is 0 Å². The normalized spacial score (nSPS) is 11.6. The van der Waals surface area contributed by atoms with Gasteiger partial charge in [0, 0.05) is 19.6 Å². The van der Waals surface area contributed by atoms with Crippen molar-refractivity contribution in [2.75, 3.05) is 19.7 Å². The Morgan fingerprint density at radius 3 is 2.53 bits per heavy atom. The fourth-order valence-electron chi connectivity index (χ4n) is 2.02. The van der Waals surface area contributed by atoms with Gasteiger partial charge in [-0.25, -0.2) is 5.84 Å². The summed E-state index contributed by atoms with van der Waals surface area (Å²) in [5, 5.41) is 9.14. The molecule has 1 aromatic carbocycles. The average Bonchev–Trinajstić information content (AvgIpc) is 2.38. The molecule has 0 radical (unpaired) electrons. The summed E-state index contributed by atoms with van der Waals surface area (Å²) in [6.45, 7) is 5.49. The van der Waals surface area contributed by atoms with Crippen LogP contribution in [0, 0.1) is 5.41 Å². The van der Waals surface area contributed by atoms with Gasteiger partial charge in [-0.1, -0.05) is 30.3 Å². The summed E-state index contributed by atoms with van der Waals surface area (Å²) >= 11 is 0. The van der Waals surface area contributed by atoms with Gasteiger partial charge in [-0.05, 0) is 19.4 Å². The molecule has 0 aliphatic heterocycles. The van der Waals surface area contributed by atoms with E-state index in [0.29, 0.717) is 19.6 Å². The Bertz CT molecular complexity index is 393. The van der Waals surface area contributed by atoms with Crippen LogP contribution in [0.15, 0.2) is 30.3 Å². The summed E-state index contributed by atoms with van der Waals surface area (Å²) in [7, 11) is 0. The standard InChI is InChI=1S/C14H23N3O2/c1-14(2,13(19)16-15)11-17(8-9-18)10-12-6-4-3-5-7-12/h3-7,18H,8-11,15H2,1-2H3,(H,16,19). The maximum Gasteiger partial charge on any atom is 0.240 e. The molecule has 0 atom stereocenters. The number of aliphatic hydroxyl groups excluding tert-OH is 1. The maximum absolute atomic E-state index is 11.7. The third-order valence-electron chi connectivity index (χ3n) is 3.03. The summed E-state index contributed by atoms with van der Waals surface area (Å²) in [6, 6.07) is 9.97. The highest BCUT2D eigenvalue weighted by atomic mass is 16.3. The molecular weight excluding hydrogens is 242 g/mol. The number of hydrogen-bond donors (Lipinski definition) is 3. The monoisotopic (exact) mass is 265 g/mol. The topological polar surface area (TPSA) is 78.6 Å². The molecule has 106 valence electrons. The molecule has 0 bridgehead atoms. The molecular formula is C14H23N3O2. The molecule has 0 saturated heterocycles. The van der Waals surface area contributed by atoms with Crippen molar-refractivity contribution >= 4 is 5.91 Å². The van der Waals surface area contributed by atoms with Crippen LogP contribution in [0.25, 0.3) is 0 Å². The van der Waals surface area contributed by atoms with Crippen LogP contribution in [0.3, 0.4) is 0 Å². The zero-order valence-corrected chi connectivity index (χ0v) is 11.6. The van der Waals surface area contributed by atoms with Crippen molar-refractivity contribution in [3.8, 4) is 0 Å². The van der Waals surface area contributed by atoms with Crippen molar-refractivity contribution in [3.63, 3.8) is 0 Å². The second-order valence-corrected chi connectivity index (χ2v) is 5.28. The SMILES string of the molecule is CC(C)(CN(CCO)Cc1ccccc1)C(=O)NN. The molecule has 5 nitrogen and oxygen atoms in total. The van der Waals surface area contributed by atoms with Gasteiger partial charge in [-0.15, -0.1) is 0 Å². The molecule has 1 rings (SSSR count). The lowest BCUT2D eigenvalue weighted by Crippen LogP contribution is -2.47. The molecule has 0 unspecified atom stereocenters. The number of aliphatic hydroxyl groups is 1. The number of amides is 1. The van der Waals surface area contributed by atoms with Crippen molar-refractivity contribution in [2.45, 2.75) is 20.4 Å². The largest absolute Gasteiger partial charge is 0.395 e. The predicted molar refractivity (Wildman–Crippen MR) is 74.9 cm³/mol. The minimum atomic E-state index is -0.599. The summed E-state index contributed by atoms with van der Waals surface area (Å²) < 4.78 is 0. The molecule has 0 aliphatic rings. The molecule has 1 aromatic rings. The van der Waals surface area contributed by atoms with Crippen LogP contribution in [0.4, 0.5) is 0 Å². The first-order valence-electron chi connectivity index (χ1n) is 6.38. The van der Waals surface area contributed by atoms with Crippen LogP contribution in [-0.4, -0.2) is 35.6 Å². The van der Waals surface area contributed by atoms with Gasteiger partial charge >= 0.3 is 0 Å². The Hall–Kier alpha value is -1.43. The summed E-state index contributed by atoms with van der Waals surface area (Å²) in [5.41, 5.74) is 2.74.